The molecule has 2 heteroatoms. The van der Waals surface area contributed by atoms with Crippen molar-refractivity contribution in [3.05, 3.63) is 0 Å². The summed E-state index contributed by atoms with van der Waals surface area (Å²) in [7, 11) is 1.69. The molecule has 0 rings (SSSR count). The van der Waals surface area contributed by atoms with Gasteiger partial charge in [0, 0.05) is 13.7 Å². The van der Waals surface area contributed by atoms with E-state index in [9.17, 15) is 0 Å². The van der Waals surface area contributed by atoms with Crippen molar-refractivity contribution in [3.8, 4) is 0 Å². The molecule has 7 heavy (non-hydrogen) atoms. The molecule has 0 aliphatic carbocycles. The molecule has 0 amide bonds. The number of rotatable bonds is 3. The summed E-state index contributed by atoms with van der Waals surface area (Å²) in [5.74, 6) is 0.505. The van der Waals surface area contributed by atoms with Crippen LogP contribution in [0.2, 0.25) is 0 Å². The van der Waals surface area contributed by atoms with Crippen LogP contribution in [0, 0.1) is 5.92 Å². The lowest BCUT2D eigenvalue weighted by molar-refractivity contribution is 0.162. The highest BCUT2D eigenvalue weighted by atomic mass is 16.5. The van der Waals surface area contributed by atoms with E-state index in [0.29, 0.717) is 12.5 Å². The lowest BCUT2D eigenvalue weighted by Crippen LogP contribution is -2.15. The molecule has 44 valence electrons. The molecule has 0 unspecified atom stereocenters. The zero-order valence-electron chi connectivity index (χ0n) is 4.98. The zero-order valence-corrected chi connectivity index (χ0v) is 4.98. The van der Waals surface area contributed by atoms with Gasteiger partial charge in [0.1, 0.15) is 0 Å². The third kappa shape index (κ3) is 3.76. The Labute approximate surface area is 44.7 Å². The normalized spacial score (nSPS) is 14.1. The van der Waals surface area contributed by atoms with Gasteiger partial charge in [-0.25, -0.2) is 0 Å². The van der Waals surface area contributed by atoms with Crippen molar-refractivity contribution >= 4 is 0 Å². The number of hydrogen-bond acceptors (Lipinski definition) is 2. The van der Waals surface area contributed by atoms with Crippen LogP contribution in [0.25, 0.3) is 0 Å². The minimum atomic E-state index is 0.505. The number of methoxy groups -OCH3 is 1. The van der Waals surface area contributed by atoms with Crippen LogP contribution < -0.4 is 5.73 Å². The third-order valence-electron chi connectivity index (χ3n) is 0.854. The molecule has 0 saturated carbocycles. The highest BCUT2D eigenvalue weighted by Crippen LogP contribution is 1.88. The Hall–Kier alpha value is -0.0800. The molecule has 0 radical (unpaired) electrons. The minimum Gasteiger partial charge on any atom is -0.384 e. The second-order valence-corrected chi connectivity index (χ2v) is 1.80. The van der Waals surface area contributed by atoms with Gasteiger partial charge >= 0.3 is 0 Å². The molecule has 0 fully saturated rings. The first-order chi connectivity index (χ1) is 3.31. The molecule has 0 saturated heterocycles. The topological polar surface area (TPSA) is 35.2 Å². The predicted molar refractivity (Wildman–Crippen MR) is 30.1 cm³/mol. The second kappa shape index (κ2) is 4.09. The molecule has 2 nitrogen and oxygen atoms in total. The summed E-state index contributed by atoms with van der Waals surface area (Å²) >= 11 is 0. The van der Waals surface area contributed by atoms with Crippen LogP contribution in [0.4, 0.5) is 0 Å². The number of ether oxygens (including phenoxy) is 1. The monoisotopic (exact) mass is 103 g/mol. The Morgan fingerprint density at radius 3 is 2.43 bits per heavy atom. The van der Waals surface area contributed by atoms with Gasteiger partial charge in [0.2, 0.25) is 0 Å². The molecule has 0 aliphatic rings. The van der Waals surface area contributed by atoms with Crippen LogP contribution in [0.15, 0.2) is 0 Å². The van der Waals surface area contributed by atoms with Gasteiger partial charge < -0.3 is 10.5 Å². The van der Waals surface area contributed by atoms with E-state index < -0.39 is 0 Å². The van der Waals surface area contributed by atoms with Gasteiger partial charge in [0.15, 0.2) is 0 Å². The van der Waals surface area contributed by atoms with Gasteiger partial charge in [-0.3, -0.25) is 0 Å². The summed E-state index contributed by atoms with van der Waals surface area (Å²) in [5, 5.41) is 0. The van der Waals surface area contributed by atoms with Crippen LogP contribution in [0.1, 0.15) is 6.92 Å². The Bertz CT molecular complexity index is 39.1. The second-order valence-electron chi connectivity index (χ2n) is 1.80. The first kappa shape index (κ1) is 6.92. The van der Waals surface area contributed by atoms with E-state index in [4.69, 9.17) is 10.5 Å². The van der Waals surface area contributed by atoms with E-state index >= 15 is 0 Å². The first-order valence-corrected chi connectivity index (χ1v) is 2.50. The maximum Gasteiger partial charge on any atom is 0.0499 e. The molecule has 0 aromatic carbocycles. The molecule has 0 bridgehead atoms. The minimum absolute atomic E-state index is 0.505. The highest BCUT2D eigenvalue weighted by Gasteiger charge is 1.93. The highest BCUT2D eigenvalue weighted by molar-refractivity contribution is 4.47. The molecule has 0 aliphatic heterocycles. The van der Waals surface area contributed by atoms with E-state index in [2.05, 4.69) is 6.92 Å². The van der Waals surface area contributed by atoms with Crippen molar-refractivity contribution in [1.82, 2.24) is 0 Å². The number of nitrogens with two attached hydrogens (primary N) is 1. The Balaban J connectivity index is 2.83. The van der Waals surface area contributed by atoms with Crippen molar-refractivity contribution in [2.24, 2.45) is 11.7 Å². The standard InChI is InChI=1S/C5H13NO/c1-5(3-6)4-7-2/h5H,3-4,6H2,1-2H3/t5-/m1/s1. The lowest BCUT2D eigenvalue weighted by Gasteiger charge is -2.03. The van der Waals surface area contributed by atoms with Gasteiger partial charge in [-0.15, -0.1) is 0 Å². The first-order valence-electron chi connectivity index (χ1n) is 2.50. The van der Waals surface area contributed by atoms with E-state index in [1.165, 1.54) is 0 Å². The van der Waals surface area contributed by atoms with Crippen LogP contribution in [-0.2, 0) is 4.74 Å². The SMILES string of the molecule is COC[C@H](C)CN. The van der Waals surface area contributed by atoms with Crippen molar-refractivity contribution < 1.29 is 4.74 Å². The van der Waals surface area contributed by atoms with Crippen molar-refractivity contribution in [3.63, 3.8) is 0 Å². The molecule has 0 aromatic heterocycles. The molecular weight excluding hydrogens is 90.1 g/mol. The third-order valence-corrected chi connectivity index (χ3v) is 0.854. The molecular formula is C5H13NO. The Morgan fingerprint density at radius 2 is 2.29 bits per heavy atom. The van der Waals surface area contributed by atoms with E-state index in [1.54, 1.807) is 7.11 Å². The fourth-order valence-corrected chi connectivity index (χ4v) is 0.353. The fourth-order valence-electron chi connectivity index (χ4n) is 0.353. The van der Waals surface area contributed by atoms with Gasteiger partial charge in [-0.05, 0) is 12.5 Å². The molecule has 0 spiro atoms. The van der Waals surface area contributed by atoms with E-state index in [-0.39, 0.29) is 0 Å². The van der Waals surface area contributed by atoms with Gasteiger partial charge in [0.05, 0.1) is 0 Å². The predicted octanol–water partition coefficient (Wildman–Crippen LogP) is 0.228. The van der Waals surface area contributed by atoms with E-state index in [1.807, 2.05) is 0 Å². The fraction of sp³-hybridized carbons (Fsp3) is 1.00. The van der Waals surface area contributed by atoms with E-state index in [0.717, 1.165) is 6.61 Å². The maximum atomic E-state index is 5.28. The Kier molecular flexibility index (Phi) is 4.04. The van der Waals surface area contributed by atoms with Gasteiger partial charge in [0.25, 0.3) is 0 Å². The van der Waals surface area contributed by atoms with Crippen molar-refractivity contribution in [2.45, 2.75) is 6.92 Å². The summed E-state index contributed by atoms with van der Waals surface area (Å²) < 4.78 is 4.81. The van der Waals surface area contributed by atoms with Gasteiger partial charge in [-0.1, -0.05) is 6.92 Å². The average Bonchev–Trinajstić information content (AvgIpc) is 1.68. The quantitative estimate of drug-likeness (QED) is 0.555. The molecule has 1 atom stereocenters. The maximum absolute atomic E-state index is 5.28. The summed E-state index contributed by atoms with van der Waals surface area (Å²) in [5.41, 5.74) is 5.28. The molecule has 2 N–H and O–H groups in total. The van der Waals surface area contributed by atoms with Crippen LogP contribution in [0.3, 0.4) is 0 Å². The lowest BCUT2D eigenvalue weighted by atomic mass is 10.2. The Morgan fingerprint density at radius 1 is 1.71 bits per heavy atom. The zero-order chi connectivity index (χ0) is 5.70. The van der Waals surface area contributed by atoms with Crippen molar-refractivity contribution in [2.75, 3.05) is 20.3 Å². The van der Waals surface area contributed by atoms with Crippen LogP contribution in [-0.4, -0.2) is 20.3 Å². The molecule has 0 aromatic rings. The largest absolute Gasteiger partial charge is 0.384 e. The van der Waals surface area contributed by atoms with Gasteiger partial charge in [-0.2, -0.15) is 0 Å². The average molecular weight is 103 g/mol. The van der Waals surface area contributed by atoms with Crippen molar-refractivity contribution in [1.29, 1.82) is 0 Å². The smallest absolute Gasteiger partial charge is 0.0499 e. The summed E-state index contributed by atoms with van der Waals surface area (Å²) in [6.07, 6.45) is 0. The summed E-state index contributed by atoms with van der Waals surface area (Å²) in [6, 6.07) is 0. The summed E-state index contributed by atoms with van der Waals surface area (Å²) in [6.45, 7) is 3.55. The number of hydrogen-bond donors (Lipinski definition) is 1. The van der Waals surface area contributed by atoms with Crippen LogP contribution in [0.5, 0.6) is 0 Å². The summed E-state index contributed by atoms with van der Waals surface area (Å²) in [4.78, 5) is 0. The van der Waals surface area contributed by atoms with Crippen LogP contribution >= 0.6 is 0 Å². The molecule has 0 heterocycles.